The Morgan fingerprint density at radius 2 is 2.11 bits per heavy atom. The molecule has 0 bridgehead atoms. The first kappa shape index (κ1) is 12.2. The lowest BCUT2D eigenvalue weighted by Gasteiger charge is -2.29. The van der Waals surface area contributed by atoms with Crippen LogP contribution < -0.4 is 0 Å². The Morgan fingerprint density at radius 3 is 2.78 bits per heavy atom. The molecule has 1 saturated heterocycles. The van der Waals surface area contributed by atoms with Crippen molar-refractivity contribution in [2.24, 2.45) is 5.92 Å². The van der Waals surface area contributed by atoms with Crippen LogP contribution in [0.25, 0.3) is 0 Å². The summed E-state index contributed by atoms with van der Waals surface area (Å²) < 4.78 is 1.13. The molecule has 1 heterocycles. The Bertz CT molecular complexity index is 456. The van der Waals surface area contributed by atoms with E-state index in [2.05, 4.69) is 45.1 Å². The fourth-order valence-electron chi connectivity index (χ4n) is 2.91. The van der Waals surface area contributed by atoms with Crippen molar-refractivity contribution in [2.75, 3.05) is 13.1 Å². The number of amides is 1. The van der Waals surface area contributed by atoms with E-state index in [0.717, 1.165) is 36.8 Å². The first-order valence-corrected chi connectivity index (χ1v) is 7.57. The molecule has 1 atom stereocenters. The highest BCUT2D eigenvalue weighted by Gasteiger charge is 2.33. The van der Waals surface area contributed by atoms with Gasteiger partial charge in [0, 0.05) is 29.4 Å². The maximum absolute atomic E-state index is 12.2. The summed E-state index contributed by atoms with van der Waals surface area (Å²) in [6, 6.07) is 8.49. The molecular formula is C15H18BrNO. The van der Waals surface area contributed by atoms with E-state index < -0.39 is 0 Å². The highest BCUT2D eigenvalue weighted by Crippen LogP contribution is 2.33. The quantitative estimate of drug-likeness (QED) is 0.818. The number of halogens is 1. The molecule has 0 N–H and O–H groups in total. The Labute approximate surface area is 116 Å². The third kappa shape index (κ3) is 2.33. The van der Waals surface area contributed by atoms with Gasteiger partial charge in [0.25, 0.3) is 0 Å². The van der Waals surface area contributed by atoms with E-state index in [4.69, 9.17) is 0 Å². The summed E-state index contributed by atoms with van der Waals surface area (Å²) in [5.41, 5.74) is 1.35. The molecule has 0 spiro atoms. The molecule has 1 aliphatic carbocycles. The zero-order valence-electron chi connectivity index (χ0n) is 10.4. The molecule has 1 unspecified atom stereocenters. The largest absolute Gasteiger partial charge is 0.342 e. The number of hydrogen-bond acceptors (Lipinski definition) is 1. The van der Waals surface area contributed by atoms with Gasteiger partial charge in [0.1, 0.15) is 0 Å². The monoisotopic (exact) mass is 307 g/mol. The van der Waals surface area contributed by atoms with Crippen molar-refractivity contribution in [3.63, 3.8) is 0 Å². The SMILES string of the molecule is O=C(C1CCC1)N1CCC(c2cccc(Br)c2)C1. The number of likely N-dealkylation sites (tertiary alicyclic amines) is 1. The van der Waals surface area contributed by atoms with Crippen LogP contribution >= 0.6 is 15.9 Å². The summed E-state index contributed by atoms with van der Waals surface area (Å²) in [6.45, 7) is 1.85. The lowest BCUT2D eigenvalue weighted by atomic mass is 9.84. The Balaban J connectivity index is 1.66. The zero-order chi connectivity index (χ0) is 12.5. The average Bonchev–Trinajstić information content (AvgIpc) is 2.75. The van der Waals surface area contributed by atoms with Crippen molar-refractivity contribution in [1.82, 2.24) is 4.90 Å². The van der Waals surface area contributed by atoms with E-state index >= 15 is 0 Å². The standard InChI is InChI=1S/C15H18BrNO/c16-14-6-2-5-12(9-14)13-7-8-17(10-13)15(18)11-3-1-4-11/h2,5-6,9,11,13H,1,3-4,7-8,10H2. The summed E-state index contributed by atoms with van der Waals surface area (Å²) in [7, 11) is 0. The van der Waals surface area contributed by atoms with Crippen LogP contribution in [0.4, 0.5) is 0 Å². The lowest BCUT2D eigenvalue weighted by Crippen LogP contribution is -2.37. The molecule has 1 aliphatic heterocycles. The highest BCUT2D eigenvalue weighted by atomic mass is 79.9. The molecule has 1 aromatic carbocycles. The van der Waals surface area contributed by atoms with Gasteiger partial charge in [-0.3, -0.25) is 4.79 Å². The van der Waals surface area contributed by atoms with Crippen LogP contribution in [0, 0.1) is 5.92 Å². The first-order valence-electron chi connectivity index (χ1n) is 6.78. The predicted molar refractivity (Wildman–Crippen MR) is 75.4 cm³/mol. The van der Waals surface area contributed by atoms with Crippen molar-refractivity contribution in [2.45, 2.75) is 31.6 Å². The van der Waals surface area contributed by atoms with Gasteiger partial charge in [-0.25, -0.2) is 0 Å². The minimum Gasteiger partial charge on any atom is -0.342 e. The van der Waals surface area contributed by atoms with Gasteiger partial charge in [-0.05, 0) is 37.0 Å². The summed E-state index contributed by atoms with van der Waals surface area (Å²) in [5.74, 6) is 1.26. The third-order valence-corrected chi connectivity index (χ3v) is 4.77. The van der Waals surface area contributed by atoms with Gasteiger partial charge in [-0.2, -0.15) is 0 Å². The lowest BCUT2D eigenvalue weighted by molar-refractivity contribution is -0.137. The molecule has 1 amide bonds. The van der Waals surface area contributed by atoms with E-state index in [9.17, 15) is 4.79 Å². The van der Waals surface area contributed by atoms with Crippen molar-refractivity contribution in [3.8, 4) is 0 Å². The Hall–Kier alpha value is -0.830. The van der Waals surface area contributed by atoms with Gasteiger partial charge in [0.05, 0.1) is 0 Å². The predicted octanol–water partition coefficient (Wildman–Crippen LogP) is 3.57. The second kappa shape index (κ2) is 5.04. The van der Waals surface area contributed by atoms with E-state index in [-0.39, 0.29) is 0 Å². The molecule has 2 aliphatic rings. The Morgan fingerprint density at radius 1 is 1.28 bits per heavy atom. The van der Waals surface area contributed by atoms with E-state index in [1.807, 2.05) is 0 Å². The fraction of sp³-hybridized carbons (Fsp3) is 0.533. The molecule has 2 fully saturated rings. The van der Waals surface area contributed by atoms with Crippen molar-refractivity contribution < 1.29 is 4.79 Å². The third-order valence-electron chi connectivity index (χ3n) is 4.27. The molecule has 0 aromatic heterocycles. The second-order valence-electron chi connectivity index (χ2n) is 5.45. The maximum atomic E-state index is 12.2. The van der Waals surface area contributed by atoms with Crippen LogP contribution in [0.5, 0.6) is 0 Å². The van der Waals surface area contributed by atoms with Crippen molar-refractivity contribution in [3.05, 3.63) is 34.3 Å². The zero-order valence-corrected chi connectivity index (χ0v) is 12.0. The van der Waals surface area contributed by atoms with Crippen LogP contribution in [0.1, 0.15) is 37.2 Å². The summed E-state index contributed by atoms with van der Waals surface area (Å²) in [5, 5.41) is 0. The summed E-state index contributed by atoms with van der Waals surface area (Å²) >= 11 is 3.52. The number of rotatable bonds is 2. The Kier molecular flexibility index (Phi) is 3.42. The number of carbonyl (C=O) groups excluding carboxylic acids is 1. The number of carbonyl (C=O) groups is 1. The molecule has 18 heavy (non-hydrogen) atoms. The van der Waals surface area contributed by atoms with Crippen LogP contribution in [-0.4, -0.2) is 23.9 Å². The van der Waals surface area contributed by atoms with Gasteiger partial charge in [0.15, 0.2) is 0 Å². The number of nitrogens with zero attached hydrogens (tertiary/aromatic N) is 1. The molecule has 3 rings (SSSR count). The van der Waals surface area contributed by atoms with E-state index in [0.29, 0.717) is 17.7 Å². The number of benzene rings is 1. The van der Waals surface area contributed by atoms with E-state index in [1.54, 1.807) is 0 Å². The minimum absolute atomic E-state index is 0.339. The summed E-state index contributed by atoms with van der Waals surface area (Å²) in [6.07, 6.45) is 4.56. The normalized spacial score (nSPS) is 24.1. The summed E-state index contributed by atoms with van der Waals surface area (Å²) in [4.78, 5) is 14.3. The molecule has 1 aromatic rings. The van der Waals surface area contributed by atoms with Crippen LogP contribution in [0.15, 0.2) is 28.7 Å². The van der Waals surface area contributed by atoms with Gasteiger partial charge >= 0.3 is 0 Å². The molecular weight excluding hydrogens is 290 g/mol. The van der Waals surface area contributed by atoms with Crippen molar-refractivity contribution >= 4 is 21.8 Å². The topological polar surface area (TPSA) is 20.3 Å². The van der Waals surface area contributed by atoms with Crippen LogP contribution in [0.2, 0.25) is 0 Å². The molecule has 96 valence electrons. The van der Waals surface area contributed by atoms with Gasteiger partial charge in [0.2, 0.25) is 5.91 Å². The van der Waals surface area contributed by atoms with Gasteiger partial charge < -0.3 is 4.90 Å². The minimum atomic E-state index is 0.339. The van der Waals surface area contributed by atoms with E-state index in [1.165, 1.54) is 12.0 Å². The van der Waals surface area contributed by atoms with Gasteiger partial charge in [-0.1, -0.05) is 34.5 Å². The van der Waals surface area contributed by atoms with Crippen LogP contribution in [-0.2, 0) is 4.79 Å². The molecule has 0 radical (unpaired) electrons. The first-order chi connectivity index (χ1) is 8.74. The maximum Gasteiger partial charge on any atom is 0.225 e. The molecule has 3 heteroatoms. The molecule has 1 saturated carbocycles. The van der Waals surface area contributed by atoms with Crippen LogP contribution in [0.3, 0.4) is 0 Å². The average molecular weight is 308 g/mol. The molecule has 2 nitrogen and oxygen atoms in total. The number of hydrogen-bond donors (Lipinski definition) is 0. The van der Waals surface area contributed by atoms with Crippen molar-refractivity contribution in [1.29, 1.82) is 0 Å². The van der Waals surface area contributed by atoms with Gasteiger partial charge in [-0.15, -0.1) is 0 Å². The fourth-order valence-corrected chi connectivity index (χ4v) is 3.32. The highest BCUT2D eigenvalue weighted by molar-refractivity contribution is 9.10. The smallest absolute Gasteiger partial charge is 0.225 e. The second-order valence-corrected chi connectivity index (χ2v) is 6.37.